The van der Waals surface area contributed by atoms with Crippen LogP contribution in [-0.2, 0) is 4.79 Å². The van der Waals surface area contributed by atoms with E-state index >= 15 is 0 Å². The highest BCUT2D eigenvalue weighted by Gasteiger charge is 2.22. The van der Waals surface area contributed by atoms with Crippen molar-refractivity contribution in [2.45, 2.75) is 32.4 Å². The molecule has 1 aromatic rings. The van der Waals surface area contributed by atoms with Gasteiger partial charge in [0, 0.05) is 20.0 Å². The van der Waals surface area contributed by atoms with Crippen molar-refractivity contribution in [3.8, 4) is 11.5 Å². The van der Waals surface area contributed by atoms with Crippen molar-refractivity contribution in [1.82, 2.24) is 10.2 Å². The van der Waals surface area contributed by atoms with Gasteiger partial charge >= 0.3 is 0 Å². The number of hydrogen-bond donors (Lipinski definition) is 1. The molecule has 0 bridgehead atoms. The van der Waals surface area contributed by atoms with Crippen molar-refractivity contribution in [2.75, 3.05) is 26.7 Å². The van der Waals surface area contributed by atoms with Crippen LogP contribution in [0.1, 0.15) is 26.2 Å². The third-order valence-electron chi connectivity index (χ3n) is 3.66. The van der Waals surface area contributed by atoms with Crippen molar-refractivity contribution in [1.29, 1.82) is 0 Å². The number of nitrogens with zero attached hydrogens (tertiary/aromatic N) is 1. The topological polar surface area (TPSA) is 50.8 Å². The smallest absolute Gasteiger partial charge is 0.217 e. The van der Waals surface area contributed by atoms with E-state index in [1.54, 1.807) is 7.11 Å². The van der Waals surface area contributed by atoms with Gasteiger partial charge in [-0.1, -0.05) is 6.42 Å². The Balaban J connectivity index is 2.00. The lowest BCUT2D eigenvalue weighted by molar-refractivity contribution is -0.120. The molecule has 116 valence electrons. The third kappa shape index (κ3) is 4.93. The SMILES string of the molecule is COc1ccc(OC(CNC(C)=O)N2CCCCC2)cc1. The van der Waals surface area contributed by atoms with Crippen LogP contribution >= 0.6 is 0 Å². The molecule has 0 radical (unpaired) electrons. The van der Waals surface area contributed by atoms with Gasteiger partial charge in [0.2, 0.25) is 5.91 Å². The van der Waals surface area contributed by atoms with Crippen LogP contribution in [0.25, 0.3) is 0 Å². The minimum absolute atomic E-state index is 0.0321. The first kappa shape index (κ1) is 15.6. The fourth-order valence-electron chi connectivity index (χ4n) is 2.49. The Kier molecular flexibility index (Phi) is 5.87. The Labute approximate surface area is 126 Å². The summed E-state index contributed by atoms with van der Waals surface area (Å²) in [5.74, 6) is 1.56. The van der Waals surface area contributed by atoms with Crippen LogP contribution in [0.2, 0.25) is 0 Å². The predicted molar refractivity (Wildman–Crippen MR) is 81.5 cm³/mol. The van der Waals surface area contributed by atoms with Gasteiger partial charge in [0.1, 0.15) is 11.5 Å². The van der Waals surface area contributed by atoms with Crippen molar-refractivity contribution in [3.05, 3.63) is 24.3 Å². The quantitative estimate of drug-likeness (QED) is 0.871. The maximum absolute atomic E-state index is 11.2. The minimum Gasteiger partial charge on any atom is -0.497 e. The van der Waals surface area contributed by atoms with E-state index in [9.17, 15) is 4.79 Å². The second kappa shape index (κ2) is 7.88. The van der Waals surface area contributed by atoms with E-state index in [-0.39, 0.29) is 12.1 Å². The summed E-state index contributed by atoms with van der Waals surface area (Å²) in [4.78, 5) is 13.5. The Morgan fingerprint density at radius 2 is 1.81 bits per heavy atom. The summed E-state index contributed by atoms with van der Waals surface area (Å²) in [6, 6.07) is 7.54. The van der Waals surface area contributed by atoms with Crippen LogP contribution in [0.5, 0.6) is 11.5 Å². The highest BCUT2D eigenvalue weighted by Crippen LogP contribution is 2.20. The van der Waals surface area contributed by atoms with Crippen molar-refractivity contribution in [2.24, 2.45) is 0 Å². The summed E-state index contributed by atoms with van der Waals surface area (Å²) in [5.41, 5.74) is 0. The molecule has 0 saturated carbocycles. The molecular formula is C16H24N2O3. The standard InChI is InChI=1S/C16H24N2O3/c1-13(19)17-12-16(18-10-4-3-5-11-18)21-15-8-6-14(20-2)7-9-15/h6-9,16H,3-5,10-12H2,1-2H3,(H,17,19). The summed E-state index contributed by atoms with van der Waals surface area (Å²) in [5, 5.41) is 2.86. The molecule has 1 N–H and O–H groups in total. The highest BCUT2D eigenvalue weighted by atomic mass is 16.5. The maximum atomic E-state index is 11.2. The number of carbonyl (C=O) groups excluding carboxylic acids is 1. The minimum atomic E-state index is -0.123. The van der Waals surface area contributed by atoms with Crippen molar-refractivity contribution >= 4 is 5.91 Å². The number of amides is 1. The number of methoxy groups -OCH3 is 1. The van der Waals surface area contributed by atoms with E-state index in [1.165, 1.54) is 26.2 Å². The third-order valence-corrected chi connectivity index (χ3v) is 3.66. The van der Waals surface area contributed by atoms with E-state index < -0.39 is 0 Å². The van der Waals surface area contributed by atoms with E-state index in [2.05, 4.69) is 10.2 Å². The lowest BCUT2D eigenvalue weighted by Gasteiger charge is -2.34. The van der Waals surface area contributed by atoms with Crippen LogP contribution in [0.4, 0.5) is 0 Å². The molecule has 0 spiro atoms. The average Bonchev–Trinajstić information content (AvgIpc) is 2.52. The molecular weight excluding hydrogens is 268 g/mol. The van der Waals surface area contributed by atoms with Gasteiger partial charge < -0.3 is 14.8 Å². The molecule has 0 aliphatic carbocycles. The molecule has 1 aliphatic heterocycles. The van der Waals surface area contributed by atoms with Gasteiger partial charge in [-0.25, -0.2) is 0 Å². The second-order valence-corrected chi connectivity index (χ2v) is 5.28. The fraction of sp³-hybridized carbons (Fsp3) is 0.562. The molecule has 0 aromatic heterocycles. The van der Waals surface area contributed by atoms with E-state index in [4.69, 9.17) is 9.47 Å². The Hall–Kier alpha value is -1.75. The van der Waals surface area contributed by atoms with Gasteiger partial charge in [0.25, 0.3) is 0 Å². The zero-order valence-corrected chi connectivity index (χ0v) is 12.8. The molecule has 1 saturated heterocycles. The van der Waals surface area contributed by atoms with Crippen molar-refractivity contribution < 1.29 is 14.3 Å². The zero-order chi connectivity index (χ0) is 15.1. The first-order chi connectivity index (χ1) is 10.2. The van der Waals surface area contributed by atoms with Crippen LogP contribution in [0.15, 0.2) is 24.3 Å². The monoisotopic (exact) mass is 292 g/mol. The zero-order valence-electron chi connectivity index (χ0n) is 12.8. The molecule has 21 heavy (non-hydrogen) atoms. The molecule has 1 atom stereocenters. The van der Waals surface area contributed by atoms with Crippen molar-refractivity contribution in [3.63, 3.8) is 0 Å². The molecule has 5 nitrogen and oxygen atoms in total. The molecule has 1 unspecified atom stereocenters. The van der Waals surface area contributed by atoms with E-state index in [0.717, 1.165) is 24.6 Å². The Morgan fingerprint density at radius 3 is 2.38 bits per heavy atom. The summed E-state index contributed by atoms with van der Waals surface area (Å²) < 4.78 is 11.2. The van der Waals surface area contributed by atoms with Gasteiger partial charge in [-0.2, -0.15) is 0 Å². The molecule has 1 aromatic carbocycles. The molecule has 1 amide bonds. The van der Waals surface area contributed by atoms with Gasteiger partial charge in [0.15, 0.2) is 6.23 Å². The number of benzene rings is 1. The highest BCUT2D eigenvalue weighted by molar-refractivity contribution is 5.72. The number of carbonyl (C=O) groups is 1. The molecule has 5 heteroatoms. The first-order valence-electron chi connectivity index (χ1n) is 7.48. The second-order valence-electron chi connectivity index (χ2n) is 5.28. The van der Waals surface area contributed by atoms with Gasteiger partial charge in [-0.15, -0.1) is 0 Å². The van der Waals surface area contributed by atoms with E-state index in [1.807, 2.05) is 24.3 Å². The molecule has 1 aliphatic rings. The van der Waals surface area contributed by atoms with Gasteiger partial charge in [0.05, 0.1) is 13.7 Å². The van der Waals surface area contributed by atoms with E-state index in [0.29, 0.717) is 6.54 Å². The number of nitrogens with one attached hydrogen (secondary N) is 1. The normalized spacial score (nSPS) is 17.0. The fourth-order valence-corrected chi connectivity index (χ4v) is 2.49. The summed E-state index contributed by atoms with van der Waals surface area (Å²) >= 11 is 0. The van der Waals surface area contributed by atoms with Crippen LogP contribution in [0, 0.1) is 0 Å². The number of likely N-dealkylation sites (tertiary alicyclic amines) is 1. The van der Waals surface area contributed by atoms with Crippen LogP contribution < -0.4 is 14.8 Å². The molecule has 1 fully saturated rings. The van der Waals surface area contributed by atoms with Gasteiger partial charge in [-0.3, -0.25) is 9.69 Å². The Morgan fingerprint density at radius 1 is 1.19 bits per heavy atom. The average molecular weight is 292 g/mol. The first-order valence-corrected chi connectivity index (χ1v) is 7.48. The number of hydrogen-bond acceptors (Lipinski definition) is 4. The van der Waals surface area contributed by atoms with Crippen LogP contribution in [0.3, 0.4) is 0 Å². The lowest BCUT2D eigenvalue weighted by Crippen LogP contribution is -2.49. The summed E-state index contributed by atoms with van der Waals surface area (Å²) in [7, 11) is 1.64. The summed E-state index contributed by atoms with van der Waals surface area (Å²) in [6.45, 7) is 4.06. The molecule has 1 heterocycles. The lowest BCUT2D eigenvalue weighted by atomic mass is 10.1. The predicted octanol–water partition coefficient (Wildman–Crippen LogP) is 2.02. The summed E-state index contributed by atoms with van der Waals surface area (Å²) in [6.07, 6.45) is 3.51. The number of ether oxygens (including phenoxy) is 2. The molecule has 2 rings (SSSR count). The number of piperidine rings is 1. The number of rotatable bonds is 6. The largest absolute Gasteiger partial charge is 0.497 e. The Bertz CT molecular complexity index is 441. The maximum Gasteiger partial charge on any atom is 0.217 e. The van der Waals surface area contributed by atoms with Crippen LogP contribution in [-0.4, -0.2) is 43.8 Å². The van der Waals surface area contributed by atoms with Gasteiger partial charge in [-0.05, 0) is 37.1 Å².